The molecule has 0 aromatic heterocycles. The summed E-state index contributed by atoms with van der Waals surface area (Å²) in [6.07, 6.45) is 1.29. The lowest BCUT2D eigenvalue weighted by molar-refractivity contribution is -0.384. The van der Waals surface area contributed by atoms with Crippen molar-refractivity contribution < 1.29 is 23.6 Å². The highest BCUT2D eigenvalue weighted by Gasteiger charge is 2.16. The average Bonchev–Trinajstić information content (AvgIpc) is 2.83. The zero-order valence-corrected chi connectivity index (χ0v) is 17.4. The summed E-state index contributed by atoms with van der Waals surface area (Å²) in [5, 5.41) is 22.5. The van der Waals surface area contributed by atoms with E-state index in [0.29, 0.717) is 23.7 Å². The van der Waals surface area contributed by atoms with Crippen molar-refractivity contribution in [1.82, 2.24) is 0 Å². The molecule has 3 aromatic rings. The topological polar surface area (TPSA) is 114 Å². The maximum absolute atomic E-state index is 14.0. The second-order valence-electron chi connectivity index (χ2n) is 6.73. The first kappa shape index (κ1) is 23.0. The molecule has 33 heavy (non-hydrogen) atoms. The molecule has 8 nitrogen and oxygen atoms in total. The molecule has 0 radical (unpaired) electrons. The quantitative estimate of drug-likeness (QED) is 0.228. The normalized spacial score (nSPS) is 10.8. The number of rotatable bonds is 8. The van der Waals surface area contributed by atoms with Crippen LogP contribution < -0.4 is 14.8 Å². The van der Waals surface area contributed by atoms with Crippen molar-refractivity contribution in [2.75, 3.05) is 12.4 Å². The lowest BCUT2D eigenvalue weighted by atomic mass is 10.1. The lowest BCUT2D eigenvalue weighted by Crippen LogP contribution is -2.14. The van der Waals surface area contributed by atoms with Crippen LogP contribution in [0.3, 0.4) is 0 Å². The third-order valence-corrected chi connectivity index (χ3v) is 4.51. The molecule has 0 aliphatic heterocycles. The molecule has 0 aliphatic carbocycles. The SMILES string of the molecule is COc1cc(C=C(C#N)C(=O)Nc2cc([N+](=O)[O-])ccc2F)ccc1OCc1ccccc1. The van der Waals surface area contributed by atoms with E-state index in [4.69, 9.17) is 9.47 Å². The summed E-state index contributed by atoms with van der Waals surface area (Å²) in [6, 6.07) is 18.9. The number of carbonyl (C=O) groups excluding carboxylic acids is 1. The highest BCUT2D eigenvalue weighted by Crippen LogP contribution is 2.30. The van der Waals surface area contributed by atoms with E-state index < -0.39 is 28.0 Å². The number of nitrogens with one attached hydrogen (secondary N) is 1. The molecule has 166 valence electrons. The van der Waals surface area contributed by atoms with Crippen LogP contribution >= 0.6 is 0 Å². The third kappa shape index (κ3) is 5.92. The van der Waals surface area contributed by atoms with Gasteiger partial charge in [0.2, 0.25) is 0 Å². The van der Waals surface area contributed by atoms with Crippen LogP contribution in [0.2, 0.25) is 0 Å². The Hall–Kier alpha value is -4.71. The van der Waals surface area contributed by atoms with Gasteiger partial charge < -0.3 is 14.8 Å². The molecule has 3 aromatic carbocycles. The summed E-state index contributed by atoms with van der Waals surface area (Å²) in [6.45, 7) is 0.326. The van der Waals surface area contributed by atoms with Gasteiger partial charge in [0.05, 0.1) is 17.7 Å². The van der Waals surface area contributed by atoms with Crippen molar-refractivity contribution in [3.63, 3.8) is 0 Å². The van der Waals surface area contributed by atoms with E-state index in [9.17, 15) is 24.6 Å². The Kier molecular flexibility index (Phi) is 7.34. The predicted molar refractivity (Wildman–Crippen MR) is 119 cm³/mol. The summed E-state index contributed by atoms with van der Waals surface area (Å²) >= 11 is 0. The largest absolute Gasteiger partial charge is 0.493 e. The van der Waals surface area contributed by atoms with Crippen LogP contribution in [0.25, 0.3) is 6.08 Å². The van der Waals surface area contributed by atoms with Gasteiger partial charge in [0.15, 0.2) is 11.5 Å². The van der Waals surface area contributed by atoms with Crippen molar-refractivity contribution >= 4 is 23.4 Å². The van der Waals surface area contributed by atoms with E-state index in [0.717, 1.165) is 23.8 Å². The number of nitro groups is 1. The van der Waals surface area contributed by atoms with E-state index >= 15 is 0 Å². The number of non-ortho nitro benzene ring substituents is 1. The Morgan fingerprint density at radius 3 is 2.58 bits per heavy atom. The monoisotopic (exact) mass is 447 g/mol. The van der Waals surface area contributed by atoms with Crippen LogP contribution in [-0.4, -0.2) is 17.9 Å². The van der Waals surface area contributed by atoms with Gasteiger partial charge in [-0.25, -0.2) is 4.39 Å². The van der Waals surface area contributed by atoms with Gasteiger partial charge in [-0.2, -0.15) is 5.26 Å². The number of carbonyl (C=O) groups is 1. The number of hydrogen-bond donors (Lipinski definition) is 1. The summed E-state index contributed by atoms with van der Waals surface area (Å²) in [7, 11) is 1.46. The Labute approximate surface area is 188 Å². The molecule has 1 amide bonds. The van der Waals surface area contributed by atoms with Gasteiger partial charge in [0.1, 0.15) is 24.1 Å². The van der Waals surface area contributed by atoms with Crippen molar-refractivity contribution in [3.05, 3.63) is 99.4 Å². The van der Waals surface area contributed by atoms with Crippen molar-refractivity contribution in [3.8, 4) is 17.6 Å². The Morgan fingerprint density at radius 2 is 1.91 bits per heavy atom. The number of methoxy groups -OCH3 is 1. The summed E-state index contributed by atoms with van der Waals surface area (Å²) in [4.78, 5) is 22.6. The fourth-order valence-corrected chi connectivity index (χ4v) is 2.86. The molecule has 0 aliphatic rings. The van der Waals surface area contributed by atoms with Crippen molar-refractivity contribution in [2.45, 2.75) is 6.61 Å². The minimum Gasteiger partial charge on any atom is -0.493 e. The third-order valence-electron chi connectivity index (χ3n) is 4.51. The van der Waals surface area contributed by atoms with E-state index in [1.165, 1.54) is 13.2 Å². The minimum absolute atomic E-state index is 0.326. The van der Waals surface area contributed by atoms with Crippen LogP contribution in [-0.2, 0) is 11.4 Å². The van der Waals surface area contributed by atoms with E-state index in [1.807, 2.05) is 30.3 Å². The van der Waals surface area contributed by atoms with Gasteiger partial charge in [0.25, 0.3) is 11.6 Å². The van der Waals surface area contributed by atoms with Gasteiger partial charge in [-0.3, -0.25) is 14.9 Å². The standard InChI is InChI=1S/C24H18FN3O5/c1-32-23-12-17(7-10-22(23)33-15-16-5-3-2-4-6-16)11-18(14-26)24(29)27-21-13-19(28(30)31)8-9-20(21)25/h2-13H,15H2,1H3,(H,27,29). The molecule has 0 atom stereocenters. The maximum Gasteiger partial charge on any atom is 0.271 e. The van der Waals surface area contributed by atoms with Gasteiger partial charge in [-0.1, -0.05) is 36.4 Å². The van der Waals surface area contributed by atoms with Gasteiger partial charge >= 0.3 is 0 Å². The number of benzene rings is 3. The molecule has 3 rings (SSSR count). The Balaban J connectivity index is 1.79. The Morgan fingerprint density at radius 1 is 1.15 bits per heavy atom. The molecule has 0 saturated carbocycles. The van der Waals surface area contributed by atoms with Crippen molar-refractivity contribution in [1.29, 1.82) is 5.26 Å². The molecular formula is C24H18FN3O5. The van der Waals surface area contributed by atoms with Crippen LogP contribution in [0.5, 0.6) is 11.5 Å². The molecule has 0 heterocycles. The smallest absolute Gasteiger partial charge is 0.271 e. The zero-order valence-electron chi connectivity index (χ0n) is 17.4. The second-order valence-corrected chi connectivity index (χ2v) is 6.73. The van der Waals surface area contributed by atoms with Gasteiger partial charge in [0, 0.05) is 12.1 Å². The summed E-state index contributed by atoms with van der Waals surface area (Å²) in [5.41, 5.74) is 0.300. The van der Waals surface area contributed by atoms with Crippen LogP contribution in [0, 0.1) is 27.3 Å². The first-order valence-electron chi connectivity index (χ1n) is 9.63. The number of anilines is 1. The van der Waals surface area contributed by atoms with Gasteiger partial charge in [-0.15, -0.1) is 0 Å². The maximum atomic E-state index is 14.0. The summed E-state index contributed by atoms with van der Waals surface area (Å²) in [5.74, 6) is -0.921. The number of nitriles is 1. The molecule has 1 N–H and O–H groups in total. The van der Waals surface area contributed by atoms with E-state index in [-0.39, 0.29) is 5.57 Å². The predicted octanol–water partition coefficient (Wildman–Crippen LogP) is 4.87. The van der Waals surface area contributed by atoms with E-state index in [1.54, 1.807) is 24.3 Å². The molecule has 0 unspecified atom stereocenters. The van der Waals surface area contributed by atoms with Crippen LogP contribution in [0.15, 0.2) is 72.3 Å². The molecule has 0 fully saturated rings. The number of nitro benzene ring substituents is 1. The highest BCUT2D eigenvalue weighted by molar-refractivity contribution is 6.09. The fourth-order valence-electron chi connectivity index (χ4n) is 2.86. The van der Waals surface area contributed by atoms with E-state index in [2.05, 4.69) is 5.32 Å². The zero-order chi connectivity index (χ0) is 23.8. The Bertz CT molecular complexity index is 1250. The minimum atomic E-state index is -0.916. The lowest BCUT2D eigenvalue weighted by Gasteiger charge is -2.11. The molecule has 0 spiro atoms. The van der Waals surface area contributed by atoms with Crippen molar-refractivity contribution in [2.24, 2.45) is 0 Å². The first-order valence-corrected chi connectivity index (χ1v) is 9.63. The molecule has 9 heteroatoms. The highest BCUT2D eigenvalue weighted by atomic mass is 19.1. The fraction of sp³-hybridized carbons (Fsp3) is 0.0833. The van der Waals surface area contributed by atoms with Crippen LogP contribution in [0.4, 0.5) is 15.8 Å². The number of ether oxygens (including phenoxy) is 2. The summed E-state index contributed by atoms with van der Waals surface area (Å²) < 4.78 is 25.1. The molecule has 0 saturated heterocycles. The molecule has 0 bridgehead atoms. The average molecular weight is 447 g/mol. The number of hydrogen-bond acceptors (Lipinski definition) is 6. The second kappa shape index (κ2) is 10.5. The molecular weight excluding hydrogens is 429 g/mol. The van der Waals surface area contributed by atoms with Crippen LogP contribution in [0.1, 0.15) is 11.1 Å². The number of amides is 1. The van der Waals surface area contributed by atoms with Gasteiger partial charge in [-0.05, 0) is 35.4 Å². The first-order chi connectivity index (χ1) is 15.9. The number of nitrogens with zero attached hydrogens (tertiary/aromatic N) is 2. The number of halogens is 1.